The maximum atomic E-state index is 12.7. The molecule has 0 radical (unpaired) electrons. The predicted molar refractivity (Wildman–Crippen MR) is 44.1 cm³/mol. The van der Waals surface area contributed by atoms with Crippen LogP contribution in [-0.2, 0) is 4.79 Å². The summed E-state index contributed by atoms with van der Waals surface area (Å²) in [4.78, 5) is 10.3. The van der Waals surface area contributed by atoms with Crippen molar-refractivity contribution in [2.75, 3.05) is 0 Å². The van der Waals surface area contributed by atoms with Crippen LogP contribution >= 0.6 is 11.6 Å². The van der Waals surface area contributed by atoms with Gasteiger partial charge in [0.2, 0.25) is 0 Å². The molecule has 2 nitrogen and oxygen atoms in total. The predicted octanol–water partition coefficient (Wildman–Crippen LogP) is 2.21. The average Bonchev–Trinajstić information content (AvgIpc) is 1.94. The molecule has 0 aromatic heterocycles. The molecule has 70 valence electrons. The third-order valence-electron chi connectivity index (χ3n) is 2.28. The van der Waals surface area contributed by atoms with Crippen LogP contribution in [0.25, 0.3) is 0 Å². The molecule has 3 atom stereocenters. The Bertz CT molecular complexity index is 174. The summed E-state index contributed by atoms with van der Waals surface area (Å²) in [6.07, 6.45) is 0.598. The number of alkyl halides is 2. The second kappa shape index (κ2) is 4.08. The highest BCUT2D eigenvalue weighted by Crippen LogP contribution is 2.32. The molecule has 0 aliphatic heterocycles. The highest BCUT2D eigenvalue weighted by Gasteiger charge is 2.30. The van der Waals surface area contributed by atoms with E-state index in [2.05, 4.69) is 0 Å². The van der Waals surface area contributed by atoms with Crippen molar-refractivity contribution in [3.05, 3.63) is 0 Å². The SMILES string of the molecule is O=C(O)CC1CCC(F)CC1Cl. The molecule has 0 spiro atoms. The lowest BCUT2D eigenvalue weighted by molar-refractivity contribution is -0.138. The van der Waals surface area contributed by atoms with Crippen LogP contribution in [0, 0.1) is 5.92 Å². The zero-order valence-electron chi connectivity index (χ0n) is 6.67. The number of halogens is 2. The van der Waals surface area contributed by atoms with Gasteiger partial charge in [-0.2, -0.15) is 0 Å². The summed E-state index contributed by atoms with van der Waals surface area (Å²) in [5.41, 5.74) is 0. The van der Waals surface area contributed by atoms with Crippen LogP contribution in [0.4, 0.5) is 4.39 Å². The first-order chi connectivity index (χ1) is 5.59. The van der Waals surface area contributed by atoms with E-state index in [1.54, 1.807) is 0 Å². The molecule has 0 saturated heterocycles. The quantitative estimate of drug-likeness (QED) is 0.685. The van der Waals surface area contributed by atoms with Crippen LogP contribution in [0.1, 0.15) is 25.7 Å². The maximum absolute atomic E-state index is 12.7. The molecular weight excluding hydrogens is 183 g/mol. The van der Waals surface area contributed by atoms with Gasteiger partial charge < -0.3 is 5.11 Å². The van der Waals surface area contributed by atoms with E-state index in [4.69, 9.17) is 16.7 Å². The molecule has 12 heavy (non-hydrogen) atoms. The van der Waals surface area contributed by atoms with Crippen molar-refractivity contribution in [3.63, 3.8) is 0 Å². The van der Waals surface area contributed by atoms with Crippen LogP contribution in [0.15, 0.2) is 0 Å². The second-order valence-electron chi connectivity index (χ2n) is 3.28. The van der Waals surface area contributed by atoms with E-state index in [1.807, 2.05) is 0 Å². The number of hydrogen-bond acceptors (Lipinski definition) is 1. The molecule has 3 unspecified atom stereocenters. The Morgan fingerprint density at radius 2 is 2.25 bits per heavy atom. The molecule has 0 aromatic carbocycles. The first-order valence-corrected chi connectivity index (χ1v) is 4.53. The molecule has 1 saturated carbocycles. The zero-order chi connectivity index (χ0) is 9.14. The van der Waals surface area contributed by atoms with Gasteiger partial charge in [-0.25, -0.2) is 4.39 Å². The van der Waals surface area contributed by atoms with Crippen molar-refractivity contribution in [3.8, 4) is 0 Å². The van der Waals surface area contributed by atoms with Gasteiger partial charge in [0.15, 0.2) is 0 Å². The number of aliphatic carboxylic acids is 1. The fourth-order valence-electron chi connectivity index (χ4n) is 1.58. The molecular formula is C8H12ClFO2. The summed E-state index contributed by atoms with van der Waals surface area (Å²) in [5.74, 6) is -0.890. The average molecular weight is 195 g/mol. The normalized spacial score (nSPS) is 36.3. The van der Waals surface area contributed by atoms with E-state index in [1.165, 1.54) is 0 Å². The van der Waals surface area contributed by atoms with Gasteiger partial charge in [0, 0.05) is 11.8 Å². The fourth-order valence-corrected chi connectivity index (χ4v) is 1.99. The summed E-state index contributed by atoms with van der Waals surface area (Å²) in [6.45, 7) is 0. The van der Waals surface area contributed by atoms with Gasteiger partial charge in [-0.05, 0) is 25.2 Å². The third-order valence-corrected chi connectivity index (χ3v) is 2.81. The lowest BCUT2D eigenvalue weighted by Crippen LogP contribution is -2.28. The van der Waals surface area contributed by atoms with Crippen LogP contribution < -0.4 is 0 Å². The zero-order valence-corrected chi connectivity index (χ0v) is 7.43. The Kier molecular flexibility index (Phi) is 3.32. The Balaban J connectivity index is 2.39. The highest BCUT2D eigenvalue weighted by atomic mass is 35.5. The monoisotopic (exact) mass is 194 g/mol. The molecule has 0 amide bonds. The smallest absolute Gasteiger partial charge is 0.303 e. The molecule has 1 aliphatic rings. The number of rotatable bonds is 2. The summed E-state index contributed by atoms with van der Waals surface area (Å²) in [5, 5.41) is 8.20. The summed E-state index contributed by atoms with van der Waals surface area (Å²) >= 11 is 5.82. The number of hydrogen-bond donors (Lipinski definition) is 1. The van der Waals surface area contributed by atoms with Crippen molar-refractivity contribution < 1.29 is 14.3 Å². The Labute approximate surface area is 75.7 Å². The molecule has 0 aromatic rings. The molecule has 1 rings (SSSR count). The van der Waals surface area contributed by atoms with Crippen molar-refractivity contribution in [2.45, 2.75) is 37.2 Å². The minimum absolute atomic E-state index is 0.0452. The van der Waals surface area contributed by atoms with Crippen LogP contribution in [0.5, 0.6) is 0 Å². The highest BCUT2D eigenvalue weighted by molar-refractivity contribution is 6.21. The van der Waals surface area contributed by atoms with Crippen LogP contribution in [-0.4, -0.2) is 22.6 Å². The van der Waals surface area contributed by atoms with Gasteiger partial charge in [-0.15, -0.1) is 11.6 Å². The molecule has 1 fully saturated rings. The number of carbonyl (C=O) groups is 1. The first-order valence-electron chi connectivity index (χ1n) is 4.09. The molecule has 1 aliphatic carbocycles. The molecule has 0 bridgehead atoms. The minimum Gasteiger partial charge on any atom is -0.481 e. The Morgan fingerprint density at radius 1 is 1.58 bits per heavy atom. The summed E-state index contributed by atoms with van der Waals surface area (Å²) in [7, 11) is 0. The Morgan fingerprint density at radius 3 is 2.75 bits per heavy atom. The minimum atomic E-state index is -0.844. The van der Waals surface area contributed by atoms with Crippen molar-refractivity contribution in [1.82, 2.24) is 0 Å². The van der Waals surface area contributed by atoms with Crippen LogP contribution in [0.2, 0.25) is 0 Å². The molecule has 4 heteroatoms. The number of carboxylic acids is 1. The second-order valence-corrected chi connectivity index (χ2v) is 3.84. The van der Waals surface area contributed by atoms with Gasteiger partial charge in [0.05, 0.1) is 0 Å². The van der Waals surface area contributed by atoms with Gasteiger partial charge in [0.1, 0.15) is 6.17 Å². The van der Waals surface area contributed by atoms with Gasteiger partial charge in [0.25, 0.3) is 0 Å². The van der Waals surface area contributed by atoms with Crippen LogP contribution in [0.3, 0.4) is 0 Å². The fraction of sp³-hybridized carbons (Fsp3) is 0.875. The lowest BCUT2D eigenvalue weighted by Gasteiger charge is -2.27. The topological polar surface area (TPSA) is 37.3 Å². The first kappa shape index (κ1) is 9.78. The van der Waals surface area contributed by atoms with E-state index in [-0.39, 0.29) is 17.7 Å². The van der Waals surface area contributed by atoms with Crippen molar-refractivity contribution in [2.24, 2.45) is 5.92 Å². The number of carboxylic acid groups (broad SMARTS) is 1. The van der Waals surface area contributed by atoms with E-state index < -0.39 is 12.1 Å². The van der Waals surface area contributed by atoms with Crippen molar-refractivity contribution >= 4 is 17.6 Å². The summed E-state index contributed by atoms with van der Waals surface area (Å²) < 4.78 is 12.7. The largest absolute Gasteiger partial charge is 0.481 e. The van der Waals surface area contributed by atoms with Gasteiger partial charge in [-0.1, -0.05) is 0 Å². The van der Waals surface area contributed by atoms with Gasteiger partial charge >= 0.3 is 5.97 Å². The Hall–Kier alpha value is -0.310. The van der Waals surface area contributed by atoms with E-state index >= 15 is 0 Å². The van der Waals surface area contributed by atoms with Gasteiger partial charge in [-0.3, -0.25) is 4.79 Å². The third kappa shape index (κ3) is 2.63. The van der Waals surface area contributed by atoms with E-state index in [0.717, 1.165) is 0 Å². The standard InChI is InChI=1S/C8H12ClFO2/c9-7-4-6(10)2-1-5(7)3-8(11)12/h5-7H,1-4H2,(H,11,12). The maximum Gasteiger partial charge on any atom is 0.303 e. The molecule has 1 N–H and O–H groups in total. The molecule has 0 heterocycles. The van der Waals surface area contributed by atoms with E-state index in [0.29, 0.717) is 19.3 Å². The van der Waals surface area contributed by atoms with E-state index in [9.17, 15) is 9.18 Å². The summed E-state index contributed by atoms with van der Waals surface area (Å²) in [6, 6.07) is 0. The van der Waals surface area contributed by atoms with Crippen molar-refractivity contribution in [1.29, 1.82) is 0 Å². The lowest BCUT2D eigenvalue weighted by atomic mass is 9.85.